The number of carbonyl (C=O) groups is 1. The molecule has 8 heteroatoms. The highest BCUT2D eigenvalue weighted by Gasteiger charge is 2.44. The first-order valence-corrected chi connectivity index (χ1v) is 9.44. The van der Waals surface area contributed by atoms with Crippen LogP contribution in [0.2, 0.25) is 0 Å². The molecule has 0 bridgehead atoms. The van der Waals surface area contributed by atoms with Crippen LogP contribution in [0, 0.1) is 15.9 Å². The van der Waals surface area contributed by atoms with E-state index in [1.165, 1.54) is 24.3 Å². The summed E-state index contributed by atoms with van der Waals surface area (Å²) in [6.45, 7) is 0.0457. The molecule has 2 aliphatic rings. The van der Waals surface area contributed by atoms with Crippen molar-refractivity contribution in [3.63, 3.8) is 0 Å². The van der Waals surface area contributed by atoms with Crippen LogP contribution in [0.4, 0.5) is 10.1 Å². The van der Waals surface area contributed by atoms with E-state index >= 15 is 0 Å². The number of hydrogen-bond acceptors (Lipinski definition) is 6. The van der Waals surface area contributed by atoms with Gasteiger partial charge in [0.05, 0.1) is 16.9 Å². The highest BCUT2D eigenvalue weighted by Crippen LogP contribution is 2.43. The standard InChI is InChI=1S/C21H20FNO6/c22-17-5-3-4-16(10-17)21(6-1-2-7-21)20(24)28-12-15-9-18(23(25)26)8-14-11-27-13-29-19(14)15/h3-5,8-10H,1-2,6-7,11-13H2. The molecule has 2 aromatic carbocycles. The first kappa shape index (κ1) is 19.3. The van der Waals surface area contributed by atoms with Gasteiger partial charge in [-0.2, -0.15) is 0 Å². The average molecular weight is 401 g/mol. The lowest BCUT2D eigenvalue weighted by molar-refractivity contribution is -0.385. The lowest BCUT2D eigenvalue weighted by Gasteiger charge is -2.28. The summed E-state index contributed by atoms with van der Waals surface area (Å²) in [4.78, 5) is 23.8. The molecule has 1 fully saturated rings. The summed E-state index contributed by atoms with van der Waals surface area (Å²) in [5.41, 5.74) is 0.540. The maximum Gasteiger partial charge on any atom is 0.316 e. The zero-order valence-corrected chi connectivity index (χ0v) is 15.7. The Morgan fingerprint density at radius 3 is 2.76 bits per heavy atom. The third-order valence-corrected chi connectivity index (χ3v) is 5.57. The van der Waals surface area contributed by atoms with Crippen LogP contribution in [0.3, 0.4) is 0 Å². The summed E-state index contributed by atoms with van der Waals surface area (Å²) >= 11 is 0. The molecule has 0 atom stereocenters. The van der Waals surface area contributed by atoms with Crippen molar-refractivity contribution in [1.82, 2.24) is 0 Å². The van der Waals surface area contributed by atoms with Crippen LogP contribution >= 0.6 is 0 Å². The zero-order chi connectivity index (χ0) is 20.4. The Morgan fingerprint density at radius 1 is 1.24 bits per heavy atom. The van der Waals surface area contributed by atoms with Gasteiger partial charge in [0.1, 0.15) is 18.2 Å². The Kier molecular flexibility index (Phi) is 5.19. The predicted molar refractivity (Wildman–Crippen MR) is 99.7 cm³/mol. The number of rotatable bonds is 5. The van der Waals surface area contributed by atoms with E-state index in [0.717, 1.165) is 12.8 Å². The predicted octanol–water partition coefficient (Wildman–Crippen LogP) is 4.16. The number of hydrogen-bond donors (Lipinski definition) is 0. The Balaban J connectivity index is 1.60. The normalized spacial score (nSPS) is 17.3. The first-order valence-electron chi connectivity index (χ1n) is 9.44. The molecule has 0 radical (unpaired) electrons. The molecule has 152 valence electrons. The molecule has 4 rings (SSSR count). The van der Waals surface area contributed by atoms with Crippen LogP contribution < -0.4 is 4.74 Å². The lowest BCUT2D eigenvalue weighted by Crippen LogP contribution is -2.34. The van der Waals surface area contributed by atoms with Gasteiger partial charge in [-0.1, -0.05) is 25.0 Å². The van der Waals surface area contributed by atoms with E-state index in [2.05, 4.69) is 0 Å². The molecular weight excluding hydrogens is 381 g/mol. The molecule has 0 amide bonds. The fourth-order valence-electron chi connectivity index (χ4n) is 4.15. The number of esters is 1. The number of benzene rings is 2. The van der Waals surface area contributed by atoms with Gasteiger partial charge >= 0.3 is 5.97 Å². The van der Waals surface area contributed by atoms with Gasteiger partial charge < -0.3 is 14.2 Å². The molecule has 0 N–H and O–H groups in total. The van der Waals surface area contributed by atoms with E-state index in [0.29, 0.717) is 35.3 Å². The Labute approximate surface area is 166 Å². The van der Waals surface area contributed by atoms with Gasteiger partial charge in [-0.25, -0.2) is 4.39 Å². The van der Waals surface area contributed by atoms with Crippen molar-refractivity contribution in [1.29, 1.82) is 0 Å². The van der Waals surface area contributed by atoms with Gasteiger partial charge in [0, 0.05) is 23.3 Å². The molecule has 1 heterocycles. The highest BCUT2D eigenvalue weighted by molar-refractivity contribution is 5.83. The van der Waals surface area contributed by atoms with Gasteiger partial charge in [-0.05, 0) is 30.5 Å². The Bertz CT molecular complexity index is 954. The molecule has 29 heavy (non-hydrogen) atoms. The maximum atomic E-state index is 13.8. The van der Waals surface area contributed by atoms with Crippen LogP contribution in [0.15, 0.2) is 36.4 Å². The zero-order valence-electron chi connectivity index (χ0n) is 15.7. The SMILES string of the molecule is O=C(OCc1cc([N+](=O)[O-])cc2c1OCOC2)C1(c2cccc(F)c2)CCCC1. The lowest BCUT2D eigenvalue weighted by atomic mass is 9.79. The van der Waals surface area contributed by atoms with Crippen molar-refractivity contribution in [3.05, 3.63) is 69.0 Å². The van der Waals surface area contributed by atoms with E-state index < -0.39 is 22.1 Å². The minimum atomic E-state index is -0.896. The molecule has 1 aliphatic carbocycles. The number of nitro groups is 1. The van der Waals surface area contributed by atoms with Crippen molar-refractivity contribution in [2.45, 2.75) is 44.3 Å². The van der Waals surface area contributed by atoms with Crippen LogP contribution in [0.25, 0.3) is 0 Å². The summed E-state index contributed by atoms with van der Waals surface area (Å²) in [7, 11) is 0. The first-order chi connectivity index (χ1) is 14.0. The summed E-state index contributed by atoms with van der Waals surface area (Å²) in [5, 5.41) is 11.2. The van der Waals surface area contributed by atoms with Crippen LogP contribution in [0.1, 0.15) is 42.4 Å². The van der Waals surface area contributed by atoms with Gasteiger partial charge in [0.2, 0.25) is 0 Å². The third-order valence-electron chi connectivity index (χ3n) is 5.57. The van der Waals surface area contributed by atoms with Crippen LogP contribution in [0.5, 0.6) is 5.75 Å². The largest absolute Gasteiger partial charge is 0.467 e. The number of ether oxygens (including phenoxy) is 3. The minimum absolute atomic E-state index is 0.0268. The van der Waals surface area contributed by atoms with Gasteiger partial charge in [-0.3, -0.25) is 14.9 Å². The molecular formula is C21H20FNO6. The van der Waals surface area contributed by atoms with Crippen molar-refractivity contribution < 1.29 is 28.3 Å². The van der Waals surface area contributed by atoms with Crippen molar-refractivity contribution in [2.75, 3.05) is 6.79 Å². The quantitative estimate of drug-likeness (QED) is 0.425. The number of non-ortho nitro benzene ring substituents is 1. The number of nitro benzene ring substituents is 1. The Hall–Kier alpha value is -3.00. The molecule has 1 saturated carbocycles. The minimum Gasteiger partial charge on any atom is -0.467 e. The summed E-state index contributed by atoms with van der Waals surface area (Å²) in [6, 6.07) is 8.79. The van der Waals surface area contributed by atoms with Crippen molar-refractivity contribution in [2.24, 2.45) is 0 Å². The number of nitrogens with zero attached hydrogens (tertiary/aromatic N) is 1. The highest BCUT2D eigenvalue weighted by atomic mass is 19.1. The van der Waals surface area contributed by atoms with E-state index in [1.54, 1.807) is 12.1 Å². The third kappa shape index (κ3) is 3.67. The summed E-state index contributed by atoms with van der Waals surface area (Å²) in [5.74, 6) is -0.406. The summed E-state index contributed by atoms with van der Waals surface area (Å²) in [6.07, 6.45) is 2.84. The molecule has 0 saturated heterocycles. The molecule has 0 aromatic heterocycles. The number of carbonyl (C=O) groups excluding carboxylic acids is 1. The smallest absolute Gasteiger partial charge is 0.316 e. The summed E-state index contributed by atoms with van der Waals surface area (Å²) < 4.78 is 30.1. The van der Waals surface area contributed by atoms with Crippen LogP contribution in [-0.4, -0.2) is 17.7 Å². The van der Waals surface area contributed by atoms with Crippen LogP contribution in [-0.2, 0) is 32.9 Å². The van der Waals surface area contributed by atoms with E-state index in [4.69, 9.17) is 14.2 Å². The molecule has 0 unspecified atom stereocenters. The maximum absolute atomic E-state index is 13.8. The van der Waals surface area contributed by atoms with E-state index in [-0.39, 0.29) is 25.7 Å². The van der Waals surface area contributed by atoms with Gasteiger partial charge in [-0.15, -0.1) is 0 Å². The second-order valence-electron chi connectivity index (χ2n) is 7.34. The molecule has 1 aliphatic heterocycles. The monoisotopic (exact) mass is 401 g/mol. The average Bonchev–Trinajstić information content (AvgIpc) is 3.23. The Morgan fingerprint density at radius 2 is 2.03 bits per heavy atom. The molecule has 0 spiro atoms. The van der Waals surface area contributed by atoms with Crippen molar-refractivity contribution >= 4 is 11.7 Å². The second-order valence-corrected chi connectivity index (χ2v) is 7.34. The molecule has 2 aromatic rings. The van der Waals surface area contributed by atoms with Gasteiger partial charge in [0.15, 0.2) is 6.79 Å². The van der Waals surface area contributed by atoms with Gasteiger partial charge in [0.25, 0.3) is 5.69 Å². The number of fused-ring (bicyclic) bond motifs is 1. The van der Waals surface area contributed by atoms with Crippen molar-refractivity contribution in [3.8, 4) is 5.75 Å². The van der Waals surface area contributed by atoms with E-state index in [9.17, 15) is 19.3 Å². The topological polar surface area (TPSA) is 87.9 Å². The second kappa shape index (κ2) is 7.79. The number of halogens is 1. The fraction of sp³-hybridized carbons (Fsp3) is 0.381. The molecule has 7 nitrogen and oxygen atoms in total. The van der Waals surface area contributed by atoms with E-state index in [1.807, 2.05) is 0 Å². The fourth-order valence-corrected chi connectivity index (χ4v) is 4.15.